The van der Waals surface area contributed by atoms with E-state index in [1.54, 1.807) is 42.6 Å². The highest BCUT2D eigenvalue weighted by atomic mass is 16.5. The monoisotopic (exact) mass is 529 g/mol. The second-order valence-electron chi connectivity index (χ2n) is 9.65. The fraction of sp³-hybridized carbons (Fsp3) is 0.321. The topological polar surface area (TPSA) is 143 Å². The van der Waals surface area contributed by atoms with Gasteiger partial charge >= 0.3 is 6.03 Å². The Labute approximate surface area is 226 Å². The van der Waals surface area contributed by atoms with Crippen molar-refractivity contribution in [3.63, 3.8) is 0 Å². The number of hydrogen-bond donors (Lipinski definition) is 3. The maximum absolute atomic E-state index is 12.8. The van der Waals surface area contributed by atoms with Gasteiger partial charge in [0, 0.05) is 41.8 Å². The van der Waals surface area contributed by atoms with Crippen LogP contribution in [0.15, 0.2) is 60.8 Å². The zero-order valence-corrected chi connectivity index (χ0v) is 21.7. The number of aromatic nitrogens is 2. The summed E-state index contributed by atoms with van der Waals surface area (Å²) in [6, 6.07) is 15.0. The molecule has 0 spiro atoms. The predicted molar refractivity (Wildman–Crippen MR) is 147 cm³/mol. The van der Waals surface area contributed by atoms with E-state index < -0.39 is 18.0 Å². The van der Waals surface area contributed by atoms with Gasteiger partial charge in [0.05, 0.1) is 19.3 Å². The molecule has 39 heavy (non-hydrogen) atoms. The molecule has 0 bridgehead atoms. The van der Waals surface area contributed by atoms with Crippen molar-refractivity contribution in [1.29, 1.82) is 0 Å². The minimum Gasteiger partial charge on any atom is -0.377 e. The van der Waals surface area contributed by atoms with Crippen molar-refractivity contribution < 1.29 is 19.1 Å². The molecule has 3 heterocycles. The van der Waals surface area contributed by atoms with Crippen molar-refractivity contribution >= 4 is 35.0 Å². The Balaban J connectivity index is 1.18. The summed E-state index contributed by atoms with van der Waals surface area (Å²) in [4.78, 5) is 49.8. The highest BCUT2D eigenvalue weighted by Gasteiger charge is 2.33. The van der Waals surface area contributed by atoms with Crippen molar-refractivity contribution in [2.45, 2.75) is 31.8 Å². The summed E-state index contributed by atoms with van der Waals surface area (Å²) in [6.07, 6.45) is 3.07. The summed E-state index contributed by atoms with van der Waals surface area (Å²) in [6.45, 7) is 4.72. The number of morpholine rings is 1. The van der Waals surface area contributed by atoms with E-state index >= 15 is 0 Å². The van der Waals surface area contributed by atoms with Crippen molar-refractivity contribution in [2.75, 3.05) is 41.8 Å². The van der Waals surface area contributed by atoms with Crippen LogP contribution in [0.2, 0.25) is 0 Å². The number of hydrogen-bond acceptors (Lipinski definition) is 7. The first-order chi connectivity index (χ1) is 18.9. The first kappa shape index (κ1) is 26.1. The number of carbonyl (C=O) groups excluding carboxylic acids is 3. The quantitative estimate of drug-likeness (QED) is 0.445. The predicted octanol–water partition coefficient (Wildman–Crippen LogP) is 3.10. The Hall–Kier alpha value is -4.51. The number of rotatable bonds is 6. The second kappa shape index (κ2) is 11.5. The fourth-order valence-electron chi connectivity index (χ4n) is 4.88. The SMILES string of the molecule is C[C@H]1COCCN1c1ccnc(-c2ccc(NC(=O)Nc3ccc(C(=O)N4CCC[C@H]4C(N)=O)cc3)cc2)n1. The van der Waals surface area contributed by atoms with Gasteiger partial charge in [0.2, 0.25) is 5.91 Å². The van der Waals surface area contributed by atoms with Crippen molar-refractivity contribution in [1.82, 2.24) is 14.9 Å². The molecule has 3 aromatic rings. The standard InChI is InChI=1S/C28H31N7O4/c1-18-17-39-16-15-34(18)24-12-13-30-26(33-24)19-4-8-21(9-5-19)31-28(38)32-22-10-6-20(7-11-22)27(37)35-14-2-3-23(35)25(29)36/h4-13,18,23H,2-3,14-17H2,1H3,(H2,29,36)(H2,31,32,38)/t18-,23-/m0/s1. The van der Waals surface area contributed by atoms with Gasteiger partial charge in [-0.15, -0.1) is 0 Å². The van der Waals surface area contributed by atoms with E-state index in [4.69, 9.17) is 15.5 Å². The van der Waals surface area contributed by atoms with Gasteiger partial charge in [0.25, 0.3) is 5.91 Å². The molecule has 2 aliphatic heterocycles. The van der Waals surface area contributed by atoms with E-state index in [0.717, 1.165) is 24.3 Å². The van der Waals surface area contributed by atoms with Crippen LogP contribution >= 0.6 is 0 Å². The molecule has 2 aromatic carbocycles. The van der Waals surface area contributed by atoms with Gasteiger partial charge in [-0.2, -0.15) is 0 Å². The third kappa shape index (κ3) is 5.99. The molecule has 11 heteroatoms. The summed E-state index contributed by atoms with van der Waals surface area (Å²) in [5.74, 6) is 0.722. The number of ether oxygens (including phenoxy) is 1. The molecule has 2 aliphatic rings. The second-order valence-corrected chi connectivity index (χ2v) is 9.65. The van der Waals surface area contributed by atoms with Crippen LogP contribution in [-0.4, -0.2) is 71.1 Å². The lowest BCUT2D eigenvalue weighted by Crippen LogP contribution is -2.44. The largest absolute Gasteiger partial charge is 0.377 e. The minimum atomic E-state index is -0.573. The molecule has 4 N–H and O–H groups in total. The van der Waals surface area contributed by atoms with Crippen LogP contribution in [0.5, 0.6) is 0 Å². The summed E-state index contributed by atoms with van der Waals surface area (Å²) in [5.41, 5.74) is 7.82. The Bertz CT molecular complexity index is 1350. The number of likely N-dealkylation sites (tertiary alicyclic amines) is 1. The molecule has 4 amide bonds. The van der Waals surface area contributed by atoms with Gasteiger partial charge in [0.1, 0.15) is 11.9 Å². The summed E-state index contributed by atoms with van der Waals surface area (Å²) < 4.78 is 5.52. The molecular weight excluding hydrogens is 498 g/mol. The third-order valence-electron chi connectivity index (χ3n) is 6.94. The van der Waals surface area contributed by atoms with Crippen LogP contribution in [-0.2, 0) is 9.53 Å². The number of amides is 4. The number of benzene rings is 2. The highest BCUT2D eigenvalue weighted by Crippen LogP contribution is 2.23. The first-order valence-electron chi connectivity index (χ1n) is 13.0. The number of anilines is 3. The van der Waals surface area contributed by atoms with E-state index in [-0.39, 0.29) is 11.9 Å². The Morgan fingerprint density at radius 2 is 1.67 bits per heavy atom. The molecular formula is C28H31N7O4. The zero-order valence-electron chi connectivity index (χ0n) is 21.7. The van der Waals surface area contributed by atoms with Gasteiger partial charge in [-0.25, -0.2) is 14.8 Å². The third-order valence-corrected chi connectivity index (χ3v) is 6.94. The number of carbonyl (C=O) groups is 3. The van der Waals surface area contributed by atoms with E-state index in [9.17, 15) is 14.4 Å². The molecule has 5 rings (SSSR count). The van der Waals surface area contributed by atoms with Gasteiger partial charge in [-0.3, -0.25) is 9.59 Å². The fourth-order valence-corrected chi connectivity index (χ4v) is 4.88. The minimum absolute atomic E-state index is 0.238. The van der Waals surface area contributed by atoms with Crippen LogP contribution in [0.25, 0.3) is 11.4 Å². The number of nitrogens with two attached hydrogens (primary N) is 1. The molecule has 0 radical (unpaired) electrons. The Morgan fingerprint density at radius 3 is 2.33 bits per heavy atom. The van der Waals surface area contributed by atoms with Crippen LogP contribution in [0.3, 0.4) is 0 Å². The number of primary amides is 1. The molecule has 202 valence electrons. The summed E-state index contributed by atoms with van der Waals surface area (Å²) >= 11 is 0. The summed E-state index contributed by atoms with van der Waals surface area (Å²) in [7, 11) is 0. The molecule has 1 aromatic heterocycles. The van der Waals surface area contributed by atoms with Crippen molar-refractivity contribution in [2.24, 2.45) is 5.73 Å². The van der Waals surface area contributed by atoms with E-state index in [0.29, 0.717) is 48.9 Å². The highest BCUT2D eigenvalue weighted by molar-refractivity contribution is 6.01. The molecule has 0 unspecified atom stereocenters. The number of nitrogens with one attached hydrogen (secondary N) is 2. The van der Waals surface area contributed by atoms with Crippen molar-refractivity contribution in [3.8, 4) is 11.4 Å². The van der Waals surface area contributed by atoms with E-state index in [2.05, 4.69) is 27.4 Å². The van der Waals surface area contributed by atoms with Gasteiger partial charge in [-0.1, -0.05) is 0 Å². The van der Waals surface area contributed by atoms with Crippen LogP contribution in [0, 0.1) is 0 Å². The normalized spacial score (nSPS) is 19.0. The molecule has 11 nitrogen and oxygen atoms in total. The number of urea groups is 1. The molecule has 2 saturated heterocycles. The van der Waals surface area contributed by atoms with Crippen LogP contribution in [0.4, 0.5) is 22.0 Å². The van der Waals surface area contributed by atoms with Crippen LogP contribution < -0.4 is 21.3 Å². The average molecular weight is 530 g/mol. The average Bonchev–Trinajstić information content (AvgIpc) is 3.44. The smallest absolute Gasteiger partial charge is 0.323 e. The zero-order chi connectivity index (χ0) is 27.4. The molecule has 0 saturated carbocycles. The molecule has 2 fully saturated rings. The lowest BCUT2D eigenvalue weighted by atomic mass is 10.1. The van der Waals surface area contributed by atoms with Gasteiger partial charge in [-0.05, 0) is 74.4 Å². The summed E-state index contributed by atoms with van der Waals surface area (Å²) in [5, 5.41) is 5.56. The first-order valence-corrected chi connectivity index (χ1v) is 13.0. The lowest BCUT2D eigenvalue weighted by molar-refractivity contribution is -0.121. The molecule has 2 atom stereocenters. The van der Waals surface area contributed by atoms with Crippen molar-refractivity contribution in [3.05, 3.63) is 66.4 Å². The Morgan fingerprint density at radius 1 is 0.974 bits per heavy atom. The van der Waals surface area contributed by atoms with Gasteiger partial charge in [0.15, 0.2) is 5.82 Å². The molecule has 0 aliphatic carbocycles. The van der Waals surface area contributed by atoms with Gasteiger partial charge < -0.3 is 30.9 Å². The van der Waals surface area contributed by atoms with E-state index in [1.165, 1.54) is 4.90 Å². The number of nitrogens with zero attached hydrogens (tertiary/aromatic N) is 4. The van der Waals surface area contributed by atoms with E-state index in [1.807, 2.05) is 18.2 Å². The maximum atomic E-state index is 12.8. The lowest BCUT2D eigenvalue weighted by Gasteiger charge is -2.34. The maximum Gasteiger partial charge on any atom is 0.323 e. The van der Waals surface area contributed by atoms with Crippen LogP contribution in [0.1, 0.15) is 30.1 Å². The Kier molecular flexibility index (Phi) is 7.69.